The molecule has 13 nitrogen and oxygen atoms in total. The minimum atomic E-state index is -1.42. The Hall–Kier alpha value is -4.20. The minimum absolute atomic E-state index is 0.00850. The van der Waals surface area contributed by atoms with Crippen molar-refractivity contribution in [3.8, 4) is 11.5 Å². The summed E-state index contributed by atoms with van der Waals surface area (Å²) in [6.45, 7) is -0.436. The first-order chi connectivity index (χ1) is 19.0. The number of carboxylic acid groups (broad SMARTS) is 1. The Labute approximate surface area is 231 Å². The standard InChI is InChI=1S/C27H37N5O8/c28-12-2-1-3-21(25(37)31-22(27(39)40)14-17-6-10-19(35)11-7-17)30-26(38)23(15-33)32-24(36)20(29)13-16-4-8-18(34)9-5-16/h4-11,20-23,33-35H,1-3,12-15,28-29H2,(H,30,38)(H,31,37)(H,32,36)(H,39,40)/t20-,21-,22-,23-/m0/s1. The molecule has 2 aromatic rings. The van der Waals surface area contributed by atoms with Gasteiger partial charge in [-0.15, -0.1) is 0 Å². The Bertz CT molecular complexity index is 1130. The van der Waals surface area contributed by atoms with Crippen LogP contribution in [0.15, 0.2) is 48.5 Å². The number of nitrogens with two attached hydrogens (primary N) is 2. The molecule has 0 unspecified atom stereocenters. The van der Waals surface area contributed by atoms with Gasteiger partial charge in [0.05, 0.1) is 12.6 Å². The summed E-state index contributed by atoms with van der Waals surface area (Å²) in [5, 5.41) is 45.5. The van der Waals surface area contributed by atoms with Crippen LogP contribution < -0.4 is 27.4 Å². The van der Waals surface area contributed by atoms with E-state index in [4.69, 9.17) is 11.5 Å². The van der Waals surface area contributed by atoms with Crippen molar-refractivity contribution in [2.24, 2.45) is 11.5 Å². The summed E-state index contributed by atoms with van der Waals surface area (Å²) < 4.78 is 0. The van der Waals surface area contributed by atoms with E-state index in [1.165, 1.54) is 36.4 Å². The number of nitrogens with one attached hydrogen (secondary N) is 3. The monoisotopic (exact) mass is 559 g/mol. The van der Waals surface area contributed by atoms with Crippen LogP contribution in [0.1, 0.15) is 30.4 Å². The molecule has 0 aliphatic rings. The van der Waals surface area contributed by atoms with Gasteiger partial charge in [0.1, 0.15) is 29.6 Å². The number of benzene rings is 2. The van der Waals surface area contributed by atoms with E-state index in [1.54, 1.807) is 12.1 Å². The number of aliphatic hydroxyl groups excluding tert-OH is 1. The fourth-order valence-corrected chi connectivity index (χ4v) is 3.83. The molecule has 11 N–H and O–H groups in total. The number of aromatic hydroxyl groups is 2. The summed E-state index contributed by atoms with van der Waals surface area (Å²) in [7, 11) is 0. The highest BCUT2D eigenvalue weighted by molar-refractivity contribution is 5.94. The fraction of sp³-hybridized carbons (Fsp3) is 0.407. The zero-order valence-electron chi connectivity index (χ0n) is 22.0. The Morgan fingerprint density at radius 1 is 0.700 bits per heavy atom. The highest BCUT2D eigenvalue weighted by Crippen LogP contribution is 2.13. The molecule has 0 bridgehead atoms. The van der Waals surface area contributed by atoms with Crippen molar-refractivity contribution in [3.63, 3.8) is 0 Å². The fourth-order valence-electron chi connectivity index (χ4n) is 3.83. The third-order valence-corrected chi connectivity index (χ3v) is 6.11. The molecule has 0 aromatic heterocycles. The van der Waals surface area contributed by atoms with E-state index in [0.717, 1.165) is 0 Å². The summed E-state index contributed by atoms with van der Waals surface area (Å²) >= 11 is 0. The van der Waals surface area contributed by atoms with Gasteiger partial charge in [0.15, 0.2) is 0 Å². The van der Waals surface area contributed by atoms with Gasteiger partial charge in [-0.05, 0) is 67.6 Å². The number of aliphatic hydroxyl groups is 1. The average molecular weight is 560 g/mol. The van der Waals surface area contributed by atoms with Gasteiger partial charge in [-0.25, -0.2) is 4.79 Å². The lowest BCUT2D eigenvalue weighted by Crippen LogP contribution is -2.58. The Balaban J connectivity index is 2.06. The predicted octanol–water partition coefficient (Wildman–Crippen LogP) is -1.13. The molecule has 0 fully saturated rings. The third-order valence-electron chi connectivity index (χ3n) is 6.11. The van der Waals surface area contributed by atoms with Crippen LogP contribution in [0.2, 0.25) is 0 Å². The molecule has 0 heterocycles. The van der Waals surface area contributed by atoms with Crippen LogP contribution in [0.25, 0.3) is 0 Å². The normalized spacial score (nSPS) is 13.9. The Morgan fingerprint density at radius 3 is 1.68 bits per heavy atom. The quantitative estimate of drug-likeness (QED) is 0.112. The molecule has 0 saturated heterocycles. The number of phenolic OH excluding ortho intramolecular Hbond substituents is 2. The number of rotatable bonds is 16. The molecule has 0 saturated carbocycles. The Kier molecular flexibility index (Phi) is 12.8. The molecule has 0 spiro atoms. The van der Waals surface area contributed by atoms with Crippen LogP contribution in [0.3, 0.4) is 0 Å². The molecular weight excluding hydrogens is 522 g/mol. The number of hydrogen-bond acceptors (Lipinski definition) is 9. The maximum Gasteiger partial charge on any atom is 0.326 e. The largest absolute Gasteiger partial charge is 0.508 e. The van der Waals surface area contributed by atoms with Crippen LogP contribution in [0.4, 0.5) is 0 Å². The van der Waals surface area contributed by atoms with Crippen molar-refractivity contribution in [1.29, 1.82) is 0 Å². The van der Waals surface area contributed by atoms with Crippen molar-refractivity contribution in [2.75, 3.05) is 13.2 Å². The number of unbranched alkanes of at least 4 members (excludes halogenated alkanes) is 1. The lowest BCUT2D eigenvalue weighted by molar-refractivity contribution is -0.142. The summed E-state index contributed by atoms with van der Waals surface area (Å²) in [5.74, 6) is -3.56. The second kappa shape index (κ2) is 16.0. The molecule has 40 heavy (non-hydrogen) atoms. The first-order valence-corrected chi connectivity index (χ1v) is 12.8. The van der Waals surface area contributed by atoms with Crippen molar-refractivity contribution in [1.82, 2.24) is 16.0 Å². The second-order valence-electron chi connectivity index (χ2n) is 9.34. The highest BCUT2D eigenvalue weighted by Gasteiger charge is 2.30. The lowest BCUT2D eigenvalue weighted by atomic mass is 10.0. The summed E-state index contributed by atoms with van der Waals surface area (Å²) in [6, 6.07) is 6.94. The summed E-state index contributed by atoms with van der Waals surface area (Å²) in [4.78, 5) is 50.4. The first kappa shape index (κ1) is 32.0. The number of amides is 3. The van der Waals surface area contributed by atoms with Gasteiger partial charge in [-0.2, -0.15) is 0 Å². The summed E-state index contributed by atoms with van der Waals surface area (Å²) in [6.07, 6.45) is 1.15. The second-order valence-corrected chi connectivity index (χ2v) is 9.34. The van der Waals surface area contributed by atoms with Crippen LogP contribution in [-0.4, -0.2) is 81.4 Å². The molecule has 13 heteroatoms. The van der Waals surface area contributed by atoms with Gasteiger partial charge < -0.3 is 47.8 Å². The van der Waals surface area contributed by atoms with Gasteiger partial charge in [0.2, 0.25) is 17.7 Å². The van der Waals surface area contributed by atoms with E-state index in [9.17, 15) is 39.6 Å². The topological polar surface area (TPSA) is 237 Å². The number of carbonyl (C=O) groups excluding carboxylic acids is 3. The molecule has 2 aromatic carbocycles. The summed E-state index contributed by atoms with van der Waals surface area (Å²) in [5.41, 5.74) is 12.7. The van der Waals surface area contributed by atoms with Gasteiger partial charge in [0.25, 0.3) is 0 Å². The smallest absolute Gasteiger partial charge is 0.326 e. The first-order valence-electron chi connectivity index (χ1n) is 12.8. The van der Waals surface area contributed by atoms with E-state index in [1.807, 2.05) is 0 Å². The molecule has 3 amide bonds. The van der Waals surface area contributed by atoms with Gasteiger partial charge >= 0.3 is 5.97 Å². The van der Waals surface area contributed by atoms with Crippen molar-refractivity contribution >= 4 is 23.7 Å². The van der Waals surface area contributed by atoms with Gasteiger partial charge in [-0.1, -0.05) is 24.3 Å². The van der Waals surface area contributed by atoms with E-state index in [-0.39, 0.29) is 30.8 Å². The van der Waals surface area contributed by atoms with Crippen LogP contribution >= 0.6 is 0 Å². The minimum Gasteiger partial charge on any atom is -0.508 e. The van der Waals surface area contributed by atoms with Crippen molar-refractivity contribution < 1.29 is 39.6 Å². The van der Waals surface area contributed by atoms with Crippen molar-refractivity contribution in [3.05, 3.63) is 59.7 Å². The van der Waals surface area contributed by atoms with E-state index >= 15 is 0 Å². The SMILES string of the molecule is NCCCC[C@H](NC(=O)[C@H](CO)NC(=O)[C@@H](N)Cc1ccc(O)cc1)C(=O)N[C@@H](Cc1ccc(O)cc1)C(=O)O. The highest BCUT2D eigenvalue weighted by atomic mass is 16.4. The maximum absolute atomic E-state index is 13.1. The number of aliphatic carboxylic acids is 1. The number of carbonyl (C=O) groups is 4. The lowest BCUT2D eigenvalue weighted by Gasteiger charge is -2.24. The van der Waals surface area contributed by atoms with E-state index < -0.39 is 54.5 Å². The van der Waals surface area contributed by atoms with Crippen molar-refractivity contribution in [2.45, 2.75) is 56.3 Å². The molecule has 0 aliphatic carbocycles. The van der Waals surface area contributed by atoms with Crippen LogP contribution in [0.5, 0.6) is 11.5 Å². The number of hydrogen-bond donors (Lipinski definition) is 9. The molecule has 2 rings (SSSR count). The third kappa shape index (κ3) is 10.5. The Morgan fingerprint density at radius 2 is 1.18 bits per heavy atom. The van der Waals surface area contributed by atoms with E-state index in [2.05, 4.69) is 16.0 Å². The molecular formula is C27H37N5O8. The molecule has 4 atom stereocenters. The predicted molar refractivity (Wildman–Crippen MR) is 145 cm³/mol. The zero-order chi connectivity index (χ0) is 29.7. The molecule has 0 radical (unpaired) electrons. The van der Waals surface area contributed by atoms with Gasteiger partial charge in [0, 0.05) is 6.42 Å². The van der Waals surface area contributed by atoms with E-state index in [0.29, 0.717) is 30.5 Å². The van der Waals surface area contributed by atoms with Crippen LogP contribution in [0, 0.1) is 0 Å². The molecule has 218 valence electrons. The number of phenols is 2. The zero-order valence-corrected chi connectivity index (χ0v) is 22.0. The molecule has 0 aliphatic heterocycles. The van der Waals surface area contributed by atoms with Crippen LogP contribution in [-0.2, 0) is 32.0 Å². The average Bonchev–Trinajstić information content (AvgIpc) is 2.92. The number of carboxylic acids is 1. The van der Waals surface area contributed by atoms with Gasteiger partial charge in [-0.3, -0.25) is 14.4 Å². The maximum atomic E-state index is 13.1.